The lowest BCUT2D eigenvalue weighted by Crippen LogP contribution is -2.18. The first-order valence-corrected chi connectivity index (χ1v) is 7.76. The van der Waals surface area contributed by atoms with Gasteiger partial charge in [-0.15, -0.1) is 0 Å². The van der Waals surface area contributed by atoms with E-state index in [4.69, 9.17) is 4.74 Å². The van der Waals surface area contributed by atoms with Crippen molar-refractivity contribution >= 4 is 0 Å². The first kappa shape index (κ1) is 12.9. The number of ether oxygens (including phenoxy) is 1. The van der Waals surface area contributed by atoms with E-state index in [9.17, 15) is 0 Å². The zero-order valence-corrected chi connectivity index (χ0v) is 11.6. The summed E-state index contributed by atoms with van der Waals surface area (Å²) in [4.78, 5) is 4.61. The van der Waals surface area contributed by atoms with Gasteiger partial charge in [-0.05, 0) is 44.6 Å². The second-order valence-corrected chi connectivity index (χ2v) is 5.85. The second-order valence-electron chi connectivity index (χ2n) is 5.85. The Morgan fingerprint density at radius 2 is 1.84 bits per heavy atom. The molecule has 1 aromatic rings. The summed E-state index contributed by atoms with van der Waals surface area (Å²) in [5.74, 6) is 0.807. The van der Waals surface area contributed by atoms with Crippen molar-refractivity contribution in [3.63, 3.8) is 0 Å². The van der Waals surface area contributed by atoms with Crippen molar-refractivity contribution in [1.82, 2.24) is 10.3 Å². The molecular formula is C16H24N2O. The molecule has 0 amide bonds. The minimum Gasteiger partial charge on any atom is -0.474 e. The molecule has 0 aliphatic heterocycles. The molecule has 1 N–H and O–H groups in total. The number of pyridine rings is 1. The van der Waals surface area contributed by atoms with Gasteiger partial charge in [-0.1, -0.05) is 18.9 Å². The second kappa shape index (κ2) is 6.38. The Labute approximate surface area is 115 Å². The lowest BCUT2D eigenvalue weighted by molar-refractivity contribution is 0.175. The topological polar surface area (TPSA) is 34.2 Å². The van der Waals surface area contributed by atoms with Gasteiger partial charge in [0.05, 0.1) is 5.69 Å². The van der Waals surface area contributed by atoms with E-state index in [0.717, 1.165) is 24.2 Å². The van der Waals surface area contributed by atoms with E-state index in [2.05, 4.69) is 22.4 Å². The van der Waals surface area contributed by atoms with Crippen molar-refractivity contribution in [1.29, 1.82) is 0 Å². The zero-order chi connectivity index (χ0) is 12.9. The minimum atomic E-state index is 0.377. The van der Waals surface area contributed by atoms with Gasteiger partial charge in [0.15, 0.2) is 0 Å². The van der Waals surface area contributed by atoms with Crippen LogP contribution in [0.15, 0.2) is 18.2 Å². The summed E-state index contributed by atoms with van der Waals surface area (Å²) in [6.07, 6.45) is 10.7. The van der Waals surface area contributed by atoms with Crippen molar-refractivity contribution in [3.8, 4) is 5.88 Å². The van der Waals surface area contributed by atoms with Crippen molar-refractivity contribution in [3.05, 3.63) is 23.9 Å². The maximum absolute atomic E-state index is 6.06. The van der Waals surface area contributed by atoms with E-state index in [1.165, 1.54) is 51.4 Å². The number of rotatable bonds is 5. The Hall–Kier alpha value is -1.09. The Morgan fingerprint density at radius 3 is 2.58 bits per heavy atom. The molecule has 0 spiro atoms. The van der Waals surface area contributed by atoms with Crippen molar-refractivity contribution in [2.45, 2.75) is 70.1 Å². The maximum Gasteiger partial charge on any atom is 0.213 e. The van der Waals surface area contributed by atoms with Crippen molar-refractivity contribution < 1.29 is 4.74 Å². The molecule has 0 bridgehead atoms. The normalized spacial score (nSPS) is 21.1. The van der Waals surface area contributed by atoms with Crippen LogP contribution in [-0.4, -0.2) is 17.1 Å². The van der Waals surface area contributed by atoms with Crippen LogP contribution in [0, 0.1) is 0 Å². The Morgan fingerprint density at radius 1 is 1.05 bits per heavy atom. The van der Waals surface area contributed by atoms with Gasteiger partial charge in [0, 0.05) is 18.7 Å². The highest BCUT2D eigenvalue weighted by molar-refractivity contribution is 5.16. The molecule has 3 rings (SSSR count). The van der Waals surface area contributed by atoms with Crippen LogP contribution >= 0.6 is 0 Å². The van der Waals surface area contributed by atoms with E-state index >= 15 is 0 Å². The summed E-state index contributed by atoms with van der Waals surface area (Å²) >= 11 is 0. The molecule has 2 aliphatic rings. The van der Waals surface area contributed by atoms with Crippen molar-refractivity contribution in [2.24, 2.45) is 0 Å². The number of nitrogens with one attached hydrogen (secondary N) is 1. The number of hydrogen-bond donors (Lipinski definition) is 1. The highest BCUT2D eigenvalue weighted by atomic mass is 16.5. The van der Waals surface area contributed by atoms with Crippen LogP contribution in [0.3, 0.4) is 0 Å². The van der Waals surface area contributed by atoms with Crippen molar-refractivity contribution in [2.75, 3.05) is 0 Å². The van der Waals surface area contributed by atoms with Crippen LogP contribution in [0.25, 0.3) is 0 Å². The molecule has 0 aromatic carbocycles. The van der Waals surface area contributed by atoms with Gasteiger partial charge in [0.2, 0.25) is 5.88 Å². The average molecular weight is 260 g/mol. The average Bonchev–Trinajstić information content (AvgIpc) is 3.25. The highest BCUT2D eigenvalue weighted by Gasteiger charge is 2.20. The first-order valence-electron chi connectivity index (χ1n) is 7.76. The zero-order valence-electron chi connectivity index (χ0n) is 11.6. The molecule has 3 nitrogen and oxygen atoms in total. The molecule has 2 fully saturated rings. The molecule has 1 aromatic heterocycles. The summed E-state index contributed by atoms with van der Waals surface area (Å²) in [5.41, 5.74) is 1.10. The lowest BCUT2D eigenvalue weighted by atomic mass is 10.1. The number of aromatic nitrogens is 1. The first-order chi connectivity index (χ1) is 9.40. The van der Waals surface area contributed by atoms with Gasteiger partial charge < -0.3 is 10.1 Å². The summed E-state index contributed by atoms with van der Waals surface area (Å²) in [5, 5.41) is 3.50. The molecule has 2 aliphatic carbocycles. The number of hydrogen-bond acceptors (Lipinski definition) is 3. The number of nitrogens with zero attached hydrogens (tertiary/aromatic N) is 1. The third kappa shape index (κ3) is 4.20. The Balaban J connectivity index is 1.54. The maximum atomic E-state index is 6.06. The van der Waals surface area contributed by atoms with Crippen LogP contribution in [0.1, 0.15) is 57.1 Å². The van der Waals surface area contributed by atoms with Crippen LogP contribution < -0.4 is 10.1 Å². The molecule has 0 saturated heterocycles. The fourth-order valence-electron chi connectivity index (χ4n) is 2.69. The van der Waals surface area contributed by atoms with Crippen LogP contribution in [-0.2, 0) is 6.54 Å². The Bertz CT molecular complexity index is 395. The lowest BCUT2D eigenvalue weighted by Gasteiger charge is -2.16. The van der Waals surface area contributed by atoms with E-state index in [1.54, 1.807) is 0 Å². The fourth-order valence-corrected chi connectivity index (χ4v) is 2.69. The molecule has 3 heteroatoms. The Kier molecular flexibility index (Phi) is 4.34. The molecule has 1 heterocycles. The van der Waals surface area contributed by atoms with Crippen LogP contribution in [0.2, 0.25) is 0 Å². The standard InChI is InChI=1S/C16H24N2O/c1-2-4-8-15(7-3-1)19-16-9-5-6-14(18-16)12-17-13-10-11-13/h5-6,9,13,15,17H,1-4,7-8,10-12H2. The molecule has 0 atom stereocenters. The van der Waals surface area contributed by atoms with E-state index in [1.807, 2.05) is 6.07 Å². The molecular weight excluding hydrogens is 236 g/mol. The van der Waals surface area contributed by atoms with Crippen LogP contribution in [0.5, 0.6) is 5.88 Å². The van der Waals surface area contributed by atoms with Gasteiger partial charge >= 0.3 is 0 Å². The van der Waals surface area contributed by atoms with Gasteiger partial charge in [0.1, 0.15) is 6.10 Å². The quantitative estimate of drug-likeness (QED) is 0.824. The minimum absolute atomic E-state index is 0.377. The predicted molar refractivity (Wildman–Crippen MR) is 76.2 cm³/mol. The summed E-state index contributed by atoms with van der Waals surface area (Å²) in [6, 6.07) is 6.86. The molecule has 104 valence electrons. The molecule has 0 unspecified atom stereocenters. The van der Waals surface area contributed by atoms with E-state index < -0.39 is 0 Å². The monoisotopic (exact) mass is 260 g/mol. The molecule has 19 heavy (non-hydrogen) atoms. The predicted octanol–water partition coefficient (Wildman–Crippen LogP) is 3.44. The SMILES string of the molecule is c1cc(CNC2CC2)nc(OC2CCCCCC2)c1. The van der Waals surface area contributed by atoms with E-state index in [-0.39, 0.29) is 0 Å². The van der Waals surface area contributed by atoms with Gasteiger partial charge in [0.25, 0.3) is 0 Å². The largest absolute Gasteiger partial charge is 0.474 e. The molecule has 0 radical (unpaired) electrons. The van der Waals surface area contributed by atoms with Crippen LogP contribution in [0.4, 0.5) is 0 Å². The fraction of sp³-hybridized carbons (Fsp3) is 0.688. The third-order valence-electron chi connectivity index (χ3n) is 4.02. The smallest absolute Gasteiger partial charge is 0.213 e. The summed E-state index contributed by atoms with van der Waals surface area (Å²) in [7, 11) is 0. The van der Waals surface area contributed by atoms with Gasteiger partial charge in [-0.3, -0.25) is 0 Å². The third-order valence-corrected chi connectivity index (χ3v) is 4.02. The molecule has 2 saturated carbocycles. The highest BCUT2D eigenvalue weighted by Crippen LogP contribution is 2.22. The van der Waals surface area contributed by atoms with Gasteiger partial charge in [-0.2, -0.15) is 0 Å². The summed E-state index contributed by atoms with van der Waals surface area (Å²) < 4.78 is 6.06. The van der Waals surface area contributed by atoms with Gasteiger partial charge in [-0.25, -0.2) is 4.98 Å². The van der Waals surface area contributed by atoms with E-state index in [0.29, 0.717) is 6.10 Å². The summed E-state index contributed by atoms with van der Waals surface area (Å²) in [6.45, 7) is 0.868.